The molecule has 6 nitrogen and oxygen atoms in total. The third kappa shape index (κ3) is 4.32. The lowest BCUT2D eigenvalue weighted by atomic mass is 9.84. The molecular formula is C24H29F2N5O. The molecular weight excluding hydrogens is 412 g/mol. The second kappa shape index (κ2) is 8.50. The number of hydrogen-bond acceptors (Lipinski definition) is 6. The van der Waals surface area contributed by atoms with E-state index in [9.17, 15) is 13.9 Å². The van der Waals surface area contributed by atoms with Gasteiger partial charge in [0, 0.05) is 42.5 Å². The second-order valence-electron chi connectivity index (χ2n) is 9.16. The number of benzene rings is 1. The lowest BCUT2D eigenvalue weighted by Gasteiger charge is -2.45. The highest BCUT2D eigenvalue weighted by Gasteiger charge is 2.38. The van der Waals surface area contributed by atoms with E-state index >= 15 is 0 Å². The number of aliphatic hydroxyl groups is 1. The number of halogens is 2. The van der Waals surface area contributed by atoms with Crippen molar-refractivity contribution in [3.05, 3.63) is 70.7 Å². The first-order chi connectivity index (χ1) is 15.1. The molecule has 2 heterocycles. The Balaban J connectivity index is 1.58. The minimum absolute atomic E-state index is 0.0146. The summed E-state index contributed by atoms with van der Waals surface area (Å²) in [7, 11) is 0. The molecule has 0 bridgehead atoms. The van der Waals surface area contributed by atoms with Crippen LogP contribution in [0.15, 0.2) is 47.8 Å². The monoisotopic (exact) mass is 441 g/mol. The Morgan fingerprint density at radius 1 is 1.22 bits per heavy atom. The quantitative estimate of drug-likeness (QED) is 0.657. The van der Waals surface area contributed by atoms with Crippen molar-refractivity contribution >= 4 is 11.6 Å². The van der Waals surface area contributed by atoms with Crippen LogP contribution >= 0.6 is 0 Å². The number of aromatic nitrogens is 2. The van der Waals surface area contributed by atoms with Gasteiger partial charge in [0.1, 0.15) is 11.6 Å². The predicted octanol–water partition coefficient (Wildman–Crippen LogP) is 3.44. The van der Waals surface area contributed by atoms with Gasteiger partial charge in [0.15, 0.2) is 0 Å². The smallest absolute Gasteiger partial charge is 0.225 e. The van der Waals surface area contributed by atoms with Crippen LogP contribution in [0.4, 0.5) is 14.7 Å². The highest BCUT2D eigenvalue weighted by molar-refractivity contribution is 5.67. The lowest BCUT2D eigenvalue weighted by Crippen LogP contribution is -2.56. The molecule has 0 saturated carbocycles. The maximum atomic E-state index is 14.1. The molecule has 5 N–H and O–H groups in total. The molecule has 8 heteroatoms. The van der Waals surface area contributed by atoms with Gasteiger partial charge in [-0.05, 0) is 63.0 Å². The van der Waals surface area contributed by atoms with Crippen LogP contribution in [0.3, 0.4) is 0 Å². The van der Waals surface area contributed by atoms with Gasteiger partial charge in [-0.25, -0.2) is 18.7 Å². The zero-order valence-corrected chi connectivity index (χ0v) is 18.4. The van der Waals surface area contributed by atoms with Gasteiger partial charge in [0.05, 0.1) is 16.9 Å². The van der Waals surface area contributed by atoms with Gasteiger partial charge in [-0.1, -0.05) is 6.07 Å². The average Bonchev–Trinajstić information content (AvgIpc) is 2.67. The number of nitrogens with zero attached hydrogens (tertiary/aromatic N) is 3. The Kier molecular flexibility index (Phi) is 5.90. The maximum Gasteiger partial charge on any atom is 0.225 e. The topological polar surface area (TPSA) is 101 Å². The fraction of sp³-hybridized carbons (Fsp3) is 0.417. The third-order valence-electron chi connectivity index (χ3n) is 6.45. The third-order valence-corrected chi connectivity index (χ3v) is 6.45. The van der Waals surface area contributed by atoms with Crippen molar-refractivity contribution in [2.24, 2.45) is 17.4 Å². The highest BCUT2D eigenvalue weighted by atomic mass is 19.1. The van der Waals surface area contributed by atoms with Gasteiger partial charge in [-0.3, -0.25) is 0 Å². The normalized spacial score (nSPS) is 20.5. The molecule has 0 amide bonds. The van der Waals surface area contributed by atoms with E-state index in [0.29, 0.717) is 31.2 Å². The number of hydrogen-bond donors (Lipinski definition) is 3. The molecule has 1 unspecified atom stereocenters. The van der Waals surface area contributed by atoms with Gasteiger partial charge in [0.25, 0.3) is 0 Å². The zero-order valence-electron chi connectivity index (χ0n) is 18.4. The van der Waals surface area contributed by atoms with E-state index in [0.717, 1.165) is 24.1 Å². The molecule has 1 fully saturated rings. The van der Waals surface area contributed by atoms with Crippen molar-refractivity contribution in [1.29, 1.82) is 0 Å². The fourth-order valence-corrected chi connectivity index (χ4v) is 4.31. The van der Waals surface area contributed by atoms with Crippen molar-refractivity contribution < 1.29 is 13.9 Å². The first-order valence-electron chi connectivity index (χ1n) is 10.9. The lowest BCUT2D eigenvalue weighted by molar-refractivity contribution is 0.00415. The largest absolute Gasteiger partial charge is 0.401 e. The van der Waals surface area contributed by atoms with Gasteiger partial charge in [-0.2, -0.15) is 0 Å². The summed E-state index contributed by atoms with van der Waals surface area (Å²) in [5.74, 6) is -0.741. The molecule has 2 aromatic rings. The summed E-state index contributed by atoms with van der Waals surface area (Å²) >= 11 is 0. The molecule has 4 rings (SSSR count). The molecule has 1 aliphatic carbocycles. The molecule has 2 aliphatic rings. The van der Waals surface area contributed by atoms with Gasteiger partial charge >= 0.3 is 0 Å². The molecule has 1 saturated heterocycles. The summed E-state index contributed by atoms with van der Waals surface area (Å²) < 4.78 is 28.2. The summed E-state index contributed by atoms with van der Waals surface area (Å²) in [5.41, 5.74) is 13.8. The number of anilines is 1. The Labute approximate surface area is 186 Å². The van der Waals surface area contributed by atoms with Crippen molar-refractivity contribution in [3.8, 4) is 0 Å². The van der Waals surface area contributed by atoms with Crippen LogP contribution < -0.4 is 16.4 Å². The highest BCUT2D eigenvalue weighted by Crippen LogP contribution is 2.37. The molecule has 1 aromatic heterocycles. The van der Waals surface area contributed by atoms with Crippen LogP contribution in [0.25, 0.3) is 5.70 Å². The number of rotatable bonds is 5. The van der Waals surface area contributed by atoms with E-state index in [1.54, 1.807) is 12.3 Å². The van der Waals surface area contributed by atoms with Gasteiger partial charge in [0.2, 0.25) is 5.95 Å². The van der Waals surface area contributed by atoms with E-state index in [1.165, 1.54) is 18.2 Å². The van der Waals surface area contributed by atoms with E-state index < -0.39 is 17.2 Å². The molecule has 0 spiro atoms. The van der Waals surface area contributed by atoms with E-state index in [1.807, 2.05) is 24.8 Å². The Morgan fingerprint density at radius 2 is 1.91 bits per heavy atom. The number of nitrogens with two attached hydrogens (primary N) is 2. The first kappa shape index (κ1) is 22.2. The number of allylic oxidation sites excluding steroid dienone is 3. The van der Waals surface area contributed by atoms with Crippen molar-refractivity contribution in [1.82, 2.24) is 9.97 Å². The van der Waals surface area contributed by atoms with Crippen LogP contribution in [-0.2, 0) is 0 Å². The zero-order chi connectivity index (χ0) is 23.0. The van der Waals surface area contributed by atoms with Crippen molar-refractivity contribution in [3.63, 3.8) is 0 Å². The summed E-state index contributed by atoms with van der Waals surface area (Å²) in [6, 6.07) is 5.52. The second-order valence-corrected chi connectivity index (χ2v) is 9.16. The summed E-state index contributed by atoms with van der Waals surface area (Å²) in [4.78, 5) is 11.2. The maximum absolute atomic E-state index is 14.1. The Hall–Kier alpha value is -3.00. The van der Waals surface area contributed by atoms with Crippen LogP contribution in [0, 0.1) is 17.6 Å². The predicted molar refractivity (Wildman–Crippen MR) is 120 cm³/mol. The minimum Gasteiger partial charge on any atom is -0.401 e. The minimum atomic E-state index is -0.733. The van der Waals surface area contributed by atoms with Crippen LogP contribution in [0.5, 0.6) is 0 Å². The van der Waals surface area contributed by atoms with E-state index in [4.69, 9.17) is 16.5 Å². The molecule has 0 radical (unpaired) electrons. The molecule has 32 heavy (non-hydrogen) atoms. The van der Waals surface area contributed by atoms with Crippen LogP contribution in [-0.4, -0.2) is 33.8 Å². The molecule has 1 aliphatic heterocycles. The molecule has 1 aromatic carbocycles. The standard InChI is InChI=1S/C24H29F2N5O/c1-24(2,32)15-12-31(13-15)23-29-10-9-20(30-23)16-6-3-5-14(22(16)28)11-19(27)21-17(25)7-4-8-18(21)26/h4,7-11,15-16,32H,3,5-6,12-13,27-28H2,1-2H3/b19-11-. The summed E-state index contributed by atoms with van der Waals surface area (Å²) in [5, 5.41) is 10.2. The van der Waals surface area contributed by atoms with Crippen molar-refractivity contribution in [2.75, 3.05) is 18.0 Å². The van der Waals surface area contributed by atoms with E-state index in [-0.39, 0.29) is 23.1 Å². The van der Waals surface area contributed by atoms with E-state index in [2.05, 4.69) is 4.98 Å². The fourth-order valence-electron chi connectivity index (χ4n) is 4.31. The SMILES string of the molecule is CC(C)(O)C1CN(c2nccc(C3CCCC(/C=C(\N)c4c(F)cccc4F)=C3N)n2)C1. The Morgan fingerprint density at radius 3 is 2.56 bits per heavy atom. The van der Waals surface area contributed by atoms with Crippen molar-refractivity contribution in [2.45, 2.75) is 44.6 Å². The average molecular weight is 442 g/mol. The molecule has 1 atom stereocenters. The Bertz CT molecular complexity index is 1050. The van der Waals surface area contributed by atoms with Crippen LogP contribution in [0.1, 0.15) is 50.3 Å². The first-order valence-corrected chi connectivity index (χ1v) is 10.9. The summed E-state index contributed by atoms with van der Waals surface area (Å²) in [6.45, 7) is 5.02. The summed E-state index contributed by atoms with van der Waals surface area (Å²) in [6.07, 6.45) is 5.65. The van der Waals surface area contributed by atoms with Gasteiger partial charge < -0.3 is 21.5 Å². The van der Waals surface area contributed by atoms with Gasteiger partial charge in [-0.15, -0.1) is 0 Å². The molecule has 170 valence electrons. The van der Waals surface area contributed by atoms with Crippen LogP contribution in [0.2, 0.25) is 0 Å².